The van der Waals surface area contributed by atoms with Gasteiger partial charge >= 0.3 is 0 Å². The fourth-order valence-electron chi connectivity index (χ4n) is 2.36. The third kappa shape index (κ3) is 3.71. The van der Waals surface area contributed by atoms with Gasteiger partial charge in [-0.1, -0.05) is 6.07 Å². The van der Waals surface area contributed by atoms with Gasteiger partial charge in [-0.15, -0.1) is 0 Å². The molecule has 3 aromatic heterocycles. The summed E-state index contributed by atoms with van der Waals surface area (Å²) in [5.74, 6) is 1.62. The Morgan fingerprint density at radius 2 is 2.17 bits per heavy atom. The van der Waals surface area contributed by atoms with Gasteiger partial charge in [0.25, 0.3) is 0 Å². The van der Waals surface area contributed by atoms with E-state index in [0.29, 0.717) is 13.1 Å². The molecule has 0 radical (unpaired) electrons. The Morgan fingerprint density at radius 3 is 2.91 bits per heavy atom. The molecule has 0 amide bonds. The summed E-state index contributed by atoms with van der Waals surface area (Å²) in [6.45, 7) is 6.03. The maximum absolute atomic E-state index is 5.32. The smallest absolute Gasteiger partial charge is 0.192 e. The van der Waals surface area contributed by atoms with E-state index in [0.717, 1.165) is 35.3 Å². The molecule has 0 unspecified atom stereocenters. The Morgan fingerprint density at radius 1 is 1.26 bits per heavy atom. The summed E-state index contributed by atoms with van der Waals surface area (Å²) < 4.78 is 7.39. The van der Waals surface area contributed by atoms with Crippen molar-refractivity contribution in [3.8, 4) is 0 Å². The lowest BCUT2D eigenvalue weighted by Gasteiger charge is -2.09. The highest BCUT2D eigenvalue weighted by Gasteiger charge is 2.04. The number of imidazole rings is 1. The summed E-state index contributed by atoms with van der Waals surface area (Å²) in [5.41, 5.74) is 3.05. The number of aliphatic imine (C=N–C) groups is 1. The topological polar surface area (TPSA) is 66.9 Å². The van der Waals surface area contributed by atoms with Crippen LogP contribution in [0.5, 0.6) is 0 Å². The summed E-state index contributed by atoms with van der Waals surface area (Å²) in [5, 5.41) is 6.47. The first-order valence-electron chi connectivity index (χ1n) is 7.74. The largest absolute Gasteiger partial charge is 0.467 e. The first kappa shape index (κ1) is 15.1. The van der Waals surface area contributed by atoms with Gasteiger partial charge in [-0.05, 0) is 38.1 Å². The Labute approximate surface area is 135 Å². The Kier molecular flexibility index (Phi) is 4.61. The van der Waals surface area contributed by atoms with Gasteiger partial charge in [-0.3, -0.25) is 0 Å². The van der Waals surface area contributed by atoms with Crippen molar-refractivity contribution in [2.75, 3.05) is 6.54 Å². The number of hydrogen-bond donors (Lipinski definition) is 2. The molecule has 0 spiro atoms. The van der Waals surface area contributed by atoms with Crippen molar-refractivity contribution in [3.05, 3.63) is 59.9 Å². The van der Waals surface area contributed by atoms with Crippen molar-refractivity contribution in [3.63, 3.8) is 0 Å². The monoisotopic (exact) mass is 311 g/mol. The minimum atomic E-state index is 0.522. The van der Waals surface area contributed by atoms with Crippen molar-refractivity contribution in [2.24, 2.45) is 4.99 Å². The van der Waals surface area contributed by atoms with Crippen LogP contribution in [0, 0.1) is 6.92 Å². The standard InChI is InChI=1S/C17H21N5O/c1-3-18-17(20-11-15-7-5-9-23-15)19-10-14-12-22-13(2)6-4-8-16(22)21-14/h4-9,12H,3,10-11H2,1-2H3,(H2,18,19,20). The zero-order valence-electron chi connectivity index (χ0n) is 13.4. The van der Waals surface area contributed by atoms with Crippen LogP contribution in [-0.4, -0.2) is 21.9 Å². The summed E-state index contributed by atoms with van der Waals surface area (Å²) in [4.78, 5) is 9.18. The Bertz CT molecular complexity index is 789. The molecule has 3 aromatic rings. The van der Waals surface area contributed by atoms with Crippen LogP contribution in [0.15, 0.2) is 52.2 Å². The van der Waals surface area contributed by atoms with Gasteiger partial charge in [0.1, 0.15) is 11.4 Å². The van der Waals surface area contributed by atoms with Crippen molar-refractivity contribution in [1.82, 2.24) is 20.0 Å². The van der Waals surface area contributed by atoms with E-state index in [1.165, 1.54) is 0 Å². The average molecular weight is 311 g/mol. The van der Waals surface area contributed by atoms with E-state index in [2.05, 4.69) is 38.0 Å². The number of aryl methyl sites for hydroxylation is 1. The van der Waals surface area contributed by atoms with Crippen LogP contribution in [0.25, 0.3) is 5.65 Å². The molecular formula is C17H21N5O. The summed E-state index contributed by atoms with van der Waals surface area (Å²) in [6.07, 6.45) is 3.70. The second kappa shape index (κ2) is 7.00. The number of hydrogen-bond acceptors (Lipinski definition) is 3. The zero-order valence-corrected chi connectivity index (χ0v) is 13.4. The molecule has 0 fully saturated rings. The molecule has 0 bridgehead atoms. The first-order valence-corrected chi connectivity index (χ1v) is 7.74. The molecule has 0 atom stereocenters. The van der Waals surface area contributed by atoms with Crippen LogP contribution < -0.4 is 10.6 Å². The molecule has 0 aliphatic carbocycles. The van der Waals surface area contributed by atoms with Crippen molar-refractivity contribution in [1.29, 1.82) is 0 Å². The van der Waals surface area contributed by atoms with Crippen LogP contribution in [0.1, 0.15) is 24.1 Å². The predicted octanol–water partition coefficient (Wildman–Crippen LogP) is 2.49. The lowest BCUT2D eigenvalue weighted by molar-refractivity contribution is 0.501. The van der Waals surface area contributed by atoms with Crippen LogP contribution >= 0.6 is 0 Å². The van der Waals surface area contributed by atoms with E-state index in [9.17, 15) is 0 Å². The summed E-state index contributed by atoms with van der Waals surface area (Å²) >= 11 is 0. The Balaban J connectivity index is 1.69. The third-order valence-electron chi connectivity index (χ3n) is 3.50. The van der Waals surface area contributed by atoms with E-state index in [-0.39, 0.29) is 0 Å². The summed E-state index contributed by atoms with van der Waals surface area (Å²) in [6, 6.07) is 9.89. The van der Waals surface area contributed by atoms with E-state index in [1.807, 2.05) is 37.4 Å². The first-order chi connectivity index (χ1) is 11.3. The Hall–Kier alpha value is -2.76. The fourth-order valence-corrected chi connectivity index (χ4v) is 2.36. The lowest BCUT2D eigenvalue weighted by Crippen LogP contribution is -2.36. The van der Waals surface area contributed by atoms with Gasteiger partial charge in [-0.25, -0.2) is 9.98 Å². The molecule has 0 saturated carbocycles. The number of pyridine rings is 1. The van der Waals surface area contributed by atoms with Gasteiger partial charge in [-0.2, -0.15) is 0 Å². The van der Waals surface area contributed by atoms with E-state index < -0.39 is 0 Å². The number of rotatable bonds is 5. The second-order valence-electron chi connectivity index (χ2n) is 5.26. The minimum absolute atomic E-state index is 0.522. The lowest BCUT2D eigenvalue weighted by atomic mass is 10.4. The number of nitrogens with one attached hydrogen (secondary N) is 2. The van der Waals surface area contributed by atoms with Gasteiger partial charge in [0.2, 0.25) is 0 Å². The van der Waals surface area contributed by atoms with Gasteiger partial charge in [0.15, 0.2) is 5.96 Å². The molecule has 2 N–H and O–H groups in total. The maximum Gasteiger partial charge on any atom is 0.192 e. The SMILES string of the molecule is CCNC(=NCc1cn2c(C)cccc2n1)NCc1ccco1. The molecule has 6 nitrogen and oxygen atoms in total. The second-order valence-corrected chi connectivity index (χ2v) is 5.26. The van der Waals surface area contributed by atoms with Crippen LogP contribution in [0.3, 0.4) is 0 Å². The average Bonchev–Trinajstić information content (AvgIpc) is 3.20. The molecule has 0 saturated heterocycles. The fraction of sp³-hybridized carbons (Fsp3) is 0.294. The number of aromatic nitrogens is 2. The van der Waals surface area contributed by atoms with Gasteiger partial charge in [0.05, 0.1) is 25.0 Å². The maximum atomic E-state index is 5.32. The molecule has 120 valence electrons. The molecule has 3 heterocycles. The van der Waals surface area contributed by atoms with E-state index in [1.54, 1.807) is 6.26 Å². The molecule has 0 aromatic carbocycles. The van der Waals surface area contributed by atoms with E-state index >= 15 is 0 Å². The molecular weight excluding hydrogens is 290 g/mol. The predicted molar refractivity (Wildman–Crippen MR) is 90.3 cm³/mol. The number of furan rings is 1. The van der Waals surface area contributed by atoms with Gasteiger partial charge in [0, 0.05) is 18.4 Å². The van der Waals surface area contributed by atoms with Crippen LogP contribution in [0.2, 0.25) is 0 Å². The van der Waals surface area contributed by atoms with Crippen molar-refractivity contribution >= 4 is 11.6 Å². The van der Waals surface area contributed by atoms with Crippen LogP contribution in [-0.2, 0) is 13.1 Å². The van der Waals surface area contributed by atoms with Crippen molar-refractivity contribution in [2.45, 2.75) is 26.9 Å². The van der Waals surface area contributed by atoms with Gasteiger partial charge < -0.3 is 19.5 Å². The quantitative estimate of drug-likeness (QED) is 0.561. The molecule has 6 heteroatoms. The highest BCUT2D eigenvalue weighted by molar-refractivity contribution is 5.79. The summed E-state index contributed by atoms with van der Waals surface area (Å²) in [7, 11) is 0. The number of nitrogens with zero attached hydrogens (tertiary/aromatic N) is 3. The minimum Gasteiger partial charge on any atom is -0.467 e. The van der Waals surface area contributed by atoms with E-state index in [4.69, 9.17) is 4.42 Å². The number of guanidine groups is 1. The molecule has 0 aliphatic rings. The molecule has 23 heavy (non-hydrogen) atoms. The number of fused-ring (bicyclic) bond motifs is 1. The highest BCUT2D eigenvalue weighted by Crippen LogP contribution is 2.09. The highest BCUT2D eigenvalue weighted by atomic mass is 16.3. The van der Waals surface area contributed by atoms with Crippen molar-refractivity contribution < 1.29 is 4.42 Å². The normalized spacial score (nSPS) is 11.8. The third-order valence-corrected chi connectivity index (χ3v) is 3.50. The molecule has 3 rings (SSSR count). The zero-order chi connectivity index (χ0) is 16.1. The van der Waals surface area contributed by atoms with Crippen LogP contribution in [0.4, 0.5) is 0 Å². The molecule has 0 aliphatic heterocycles.